The number of nitrogens with zero attached hydrogens (tertiary/aromatic N) is 1. The maximum Gasteiger partial charge on any atom is 0.244 e. The summed E-state index contributed by atoms with van der Waals surface area (Å²) in [5, 5.41) is 2.48. The van der Waals surface area contributed by atoms with Crippen molar-refractivity contribution in [3.8, 4) is 5.75 Å². The number of hydrogen-bond acceptors (Lipinski definition) is 6. The van der Waals surface area contributed by atoms with Gasteiger partial charge in [0.15, 0.2) is 0 Å². The maximum absolute atomic E-state index is 12.2. The molecular weight excluding hydrogens is 286 g/mol. The van der Waals surface area contributed by atoms with Crippen molar-refractivity contribution in [2.45, 2.75) is 11.4 Å². The first-order valence-corrected chi connectivity index (χ1v) is 7.71. The third-order valence-electron chi connectivity index (χ3n) is 2.37. The molecule has 0 fully saturated rings. The van der Waals surface area contributed by atoms with Gasteiger partial charge in [-0.1, -0.05) is 0 Å². The highest BCUT2D eigenvalue weighted by Crippen LogP contribution is 2.25. The van der Waals surface area contributed by atoms with Crippen molar-refractivity contribution < 1.29 is 13.2 Å². The number of benzene rings is 1. The van der Waals surface area contributed by atoms with Crippen molar-refractivity contribution in [2.75, 3.05) is 12.8 Å². The number of nitrogens with one attached hydrogen (secondary N) is 1. The highest BCUT2D eigenvalue weighted by atomic mass is 32.2. The van der Waals surface area contributed by atoms with E-state index in [2.05, 4.69) is 9.71 Å². The Morgan fingerprint density at radius 3 is 2.89 bits per heavy atom. The fourth-order valence-corrected chi connectivity index (χ4v) is 3.26. The molecule has 0 bridgehead atoms. The summed E-state index contributed by atoms with van der Waals surface area (Å²) >= 11 is 1.38. The van der Waals surface area contributed by atoms with Crippen LogP contribution < -0.4 is 15.2 Å². The predicted octanol–water partition coefficient (Wildman–Crippen LogP) is 1.21. The molecule has 1 aromatic carbocycles. The number of nitrogens with two attached hydrogens (primary N) is 1. The van der Waals surface area contributed by atoms with E-state index in [9.17, 15) is 8.42 Å². The zero-order chi connectivity index (χ0) is 13.9. The molecule has 1 aromatic heterocycles. The van der Waals surface area contributed by atoms with Gasteiger partial charge in [-0.15, -0.1) is 11.3 Å². The Hall–Kier alpha value is -1.64. The molecule has 0 amide bonds. The highest BCUT2D eigenvalue weighted by Gasteiger charge is 2.19. The van der Waals surface area contributed by atoms with Crippen LogP contribution in [0.5, 0.6) is 5.75 Å². The topological polar surface area (TPSA) is 94.3 Å². The standard InChI is InChI=1S/C11H13N3O3S2/c1-17-9-6-8(12)2-3-10(9)19(15,16)14-7-11-13-4-5-18-11/h2-6,14H,7,12H2,1H3. The fourth-order valence-electron chi connectivity index (χ4n) is 1.48. The Morgan fingerprint density at radius 2 is 2.26 bits per heavy atom. The summed E-state index contributed by atoms with van der Waals surface area (Å²) in [6, 6.07) is 4.40. The third kappa shape index (κ3) is 3.22. The van der Waals surface area contributed by atoms with Crippen LogP contribution in [0.25, 0.3) is 0 Å². The minimum Gasteiger partial charge on any atom is -0.495 e. The van der Waals surface area contributed by atoms with Crippen molar-refractivity contribution in [3.63, 3.8) is 0 Å². The lowest BCUT2D eigenvalue weighted by Gasteiger charge is -2.10. The molecule has 1 heterocycles. The Bertz CT molecular complexity index is 654. The van der Waals surface area contributed by atoms with Gasteiger partial charge in [0.1, 0.15) is 15.7 Å². The van der Waals surface area contributed by atoms with Crippen LogP contribution in [0.15, 0.2) is 34.7 Å². The Morgan fingerprint density at radius 1 is 1.47 bits per heavy atom. The van der Waals surface area contributed by atoms with E-state index in [-0.39, 0.29) is 17.2 Å². The SMILES string of the molecule is COc1cc(N)ccc1S(=O)(=O)NCc1nccs1. The molecule has 102 valence electrons. The van der Waals surface area contributed by atoms with Crippen LogP contribution in [0.1, 0.15) is 5.01 Å². The molecule has 0 aliphatic carbocycles. The molecule has 2 rings (SSSR count). The van der Waals surface area contributed by atoms with E-state index < -0.39 is 10.0 Å². The number of nitrogen functional groups attached to an aromatic ring is 1. The quantitative estimate of drug-likeness (QED) is 0.809. The summed E-state index contributed by atoms with van der Waals surface area (Å²) in [4.78, 5) is 4.07. The van der Waals surface area contributed by atoms with Gasteiger partial charge in [-0.25, -0.2) is 18.1 Å². The summed E-state index contributed by atoms with van der Waals surface area (Å²) in [5.74, 6) is 0.214. The van der Waals surface area contributed by atoms with Crippen LogP contribution in [0.3, 0.4) is 0 Å². The van der Waals surface area contributed by atoms with Crippen molar-refractivity contribution in [1.82, 2.24) is 9.71 Å². The summed E-state index contributed by atoms with van der Waals surface area (Å²) in [7, 11) is -2.26. The molecule has 0 aliphatic rings. The summed E-state index contributed by atoms with van der Waals surface area (Å²) in [6.45, 7) is 0.146. The number of anilines is 1. The molecule has 19 heavy (non-hydrogen) atoms. The van der Waals surface area contributed by atoms with E-state index in [4.69, 9.17) is 10.5 Å². The lowest BCUT2D eigenvalue weighted by Crippen LogP contribution is -2.23. The van der Waals surface area contributed by atoms with E-state index in [0.29, 0.717) is 10.7 Å². The van der Waals surface area contributed by atoms with Crippen LogP contribution in [0, 0.1) is 0 Å². The van der Waals surface area contributed by atoms with Crippen LogP contribution >= 0.6 is 11.3 Å². The Labute approximate surface area is 115 Å². The van der Waals surface area contributed by atoms with E-state index in [1.807, 2.05) is 0 Å². The van der Waals surface area contributed by atoms with Gasteiger partial charge in [-0.2, -0.15) is 0 Å². The van der Waals surface area contributed by atoms with Gasteiger partial charge in [0.25, 0.3) is 0 Å². The van der Waals surface area contributed by atoms with Gasteiger partial charge < -0.3 is 10.5 Å². The van der Waals surface area contributed by atoms with Crippen molar-refractivity contribution in [1.29, 1.82) is 0 Å². The first-order valence-electron chi connectivity index (χ1n) is 5.34. The van der Waals surface area contributed by atoms with Crippen LogP contribution in [-0.4, -0.2) is 20.5 Å². The Balaban J connectivity index is 2.24. The molecule has 0 saturated carbocycles. The van der Waals surface area contributed by atoms with Crippen molar-refractivity contribution in [3.05, 3.63) is 34.8 Å². The van der Waals surface area contributed by atoms with Gasteiger partial charge >= 0.3 is 0 Å². The minimum absolute atomic E-state index is 0.0563. The monoisotopic (exact) mass is 299 g/mol. The third-order valence-corrected chi connectivity index (χ3v) is 4.59. The van der Waals surface area contributed by atoms with E-state index in [1.165, 1.54) is 36.6 Å². The highest BCUT2D eigenvalue weighted by molar-refractivity contribution is 7.89. The second-order valence-electron chi connectivity index (χ2n) is 3.66. The average Bonchev–Trinajstić information content (AvgIpc) is 2.89. The number of thiazole rings is 1. The maximum atomic E-state index is 12.2. The molecule has 0 spiro atoms. The molecule has 0 atom stereocenters. The number of rotatable bonds is 5. The summed E-state index contributed by atoms with van der Waals surface area (Å²) in [5.41, 5.74) is 6.03. The van der Waals surface area contributed by atoms with Gasteiger partial charge in [0, 0.05) is 23.3 Å². The number of methoxy groups -OCH3 is 1. The lowest BCUT2D eigenvalue weighted by molar-refractivity contribution is 0.402. The van der Waals surface area contributed by atoms with Crippen molar-refractivity contribution in [2.24, 2.45) is 0 Å². The van der Waals surface area contributed by atoms with Gasteiger partial charge in [-0.3, -0.25) is 0 Å². The lowest BCUT2D eigenvalue weighted by atomic mass is 10.3. The smallest absolute Gasteiger partial charge is 0.244 e. The van der Waals surface area contributed by atoms with Crippen LogP contribution in [0.2, 0.25) is 0 Å². The second kappa shape index (κ2) is 5.55. The number of ether oxygens (including phenoxy) is 1. The first kappa shape index (κ1) is 13.8. The second-order valence-corrected chi connectivity index (χ2v) is 6.38. The zero-order valence-corrected chi connectivity index (χ0v) is 11.8. The number of hydrogen-bond donors (Lipinski definition) is 2. The zero-order valence-electron chi connectivity index (χ0n) is 10.2. The normalized spacial score (nSPS) is 11.4. The van der Waals surface area contributed by atoms with E-state index in [0.717, 1.165) is 0 Å². The molecule has 8 heteroatoms. The molecule has 0 radical (unpaired) electrons. The number of aromatic nitrogens is 1. The molecule has 0 unspecified atom stereocenters. The predicted molar refractivity (Wildman–Crippen MR) is 73.5 cm³/mol. The molecule has 6 nitrogen and oxygen atoms in total. The van der Waals surface area contributed by atoms with Crippen LogP contribution in [-0.2, 0) is 16.6 Å². The minimum atomic E-state index is -3.66. The fraction of sp³-hybridized carbons (Fsp3) is 0.182. The molecular formula is C11H13N3O3S2. The van der Waals surface area contributed by atoms with Gasteiger partial charge in [0.05, 0.1) is 13.7 Å². The average molecular weight is 299 g/mol. The molecule has 0 saturated heterocycles. The molecule has 0 aliphatic heterocycles. The van der Waals surface area contributed by atoms with Gasteiger partial charge in [-0.05, 0) is 12.1 Å². The Kier molecular flexibility index (Phi) is 4.03. The van der Waals surface area contributed by atoms with E-state index >= 15 is 0 Å². The molecule has 3 N–H and O–H groups in total. The largest absolute Gasteiger partial charge is 0.495 e. The van der Waals surface area contributed by atoms with Crippen LogP contribution in [0.4, 0.5) is 5.69 Å². The van der Waals surface area contributed by atoms with Crippen molar-refractivity contribution >= 4 is 27.0 Å². The van der Waals surface area contributed by atoms with E-state index in [1.54, 1.807) is 11.6 Å². The van der Waals surface area contributed by atoms with Gasteiger partial charge in [0.2, 0.25) is 10.0 Å². The summed E-state index contributed by atoms with van der Waals surface area (Å²) in [6.07, 6.45) is 1.62. The summed E-state index contributed by atoms with van der Waals surface area (Å²) < 4.78 is 31.8. The first-order chi connectivity index (χ1) is 9.03. The number of sulfonamides is 1. The molecule has 2 aromatic rings.